The zero-order valence-corrected chi connectivity index (χ0v) is 15.4. The zero-order chi connectivity index (χ0) is 15.3. The predicted molar refractivity (Wildman–Crippen MR) is 107 cm³/mol. The van der Waals surface area contributed by atoms with Crippen LogP contribution in [0.25, 0.3) is 0 Å². The van der Waals surface area contributed by atoms with E-state index in [0.29, 0.717) is 6.16 Å². The van der Waals surface area contributed by atoms with Crippen LogP contribution in [0.3, 0.4) is 0 Å². The first kappa shape index (κ1) is 17.4. The Labute approximate surface area is 148 Å². The summed E-state index contributed by atoms with van der Waals surface area (Å²) in [4.78, 5) is 0. The van der Waals surface area contributed by atoms with Gasteiger partial charge in [-0.25, -0.2) is 0 Å². The van der Waals surface area contributed by atoms with E-state index in [1.54, 1.807) is 0 Å². The molecule has 0 spiro atoms. The first-order valence-corrected chi connectivity index (χ1v) is 9.62. The van der Waals surface area contributed by atoms with Crippen LogP contribution in [0.1, 0.15) is 0 Å². The molecule has 1 nitrogen and oxygen atoms in total. The van der Waals surface area contributed by atoms with Crippen molar-refractivity contribution < 1.29 is 0 Å². The Morgan fingerprint density at radius 2 is 0.913 bits per heavy atom. The summed E-state index contributed by atoms with van der Waals surface area (Å²) in [6.07, 6.45) is 0.547. The van der Waals surface area contributed by atoms with Crippen molar-refractivity contribution >= 4 is 40.2 Å². The van der Waals surface area contributed by atoms with Gasteiger partial charge in [-0.1, -0.05) is 0 Å². The predicted octanol–water partition coefficient (Wildman–Crippen LogP) is 3.81. The maximum absolute atomic E-state index is 9.57. The van der Waals surface area contributed by atoms with Gasteiger partial charge in [-0.2, -0.15) is 0 Å². The van der Waals surface area contributed by atoms with Gasteiger partial charge in [0.25, 0.3) is 0 Å². The molecule has 0 atom stereocenters. The van der Waals surface area contributed by atoms with E-state index in [4.69, 9.17) is 0 Å². The summed E-state index contributed by atoms with van der Waals surface area (Å²) in [5, 5.41) is 13.4. The normalized spacial score (nSPS) is 11.1. The first-order chi connectivity index (χ1) is 10.9. The van der Waals surface area contributed by atoms with Crippen molar-refractivity contribution in [2.45, 2.75) is 0 Å². The standard InChI is InChI=1S/C20H18NP.BrH/c21-16-17-22(18-10-4-1-5-11-18,19-12-6-2-7-13-19)20-14-8-3-9-15-20;/h1-15,22H,17H2;1H. The molecule has 3 aromatic rings. The molecule has 3 heteroatoms. The van der Waals surface area contributed by atoms with Crippen molar-refractivity contribution in [1.82, 2.24) is 0 Å². The number of benzene rings is 3. The SMILES string of the molecule is Br.N#CC[PH](c1ccccc1)(c1ccccc1)c1ccccc1. The van der Waals surface area contributed by atoms with Crippen LogP contribution < -0.4 is 15.9 Å². The van der Waals surface area contributed by atoms with Gasteiger partial charge in [-0.15, -0.1) is 17.0 Å². The third kappa shape index (κ3) is 3.37. The second-order valence-electron chi connectivity index (χ2n) is 5.34. The van der Waals surface area contributed by atoms with Gasteiger partial charge in [0.2, 0.25) is 0 Å². The van der Waals surface area contributed by atoms with Gasteiger partial charge < -0.3 is 0 Å². The molecule has 0 N–H and O–H groups in total. The van der Waals surface area contributed by atoms with Gasteiger partial charge in [0.1, 0.15) is 0 Å². The van der Waals surface area contributed by atoms with E-state index in [1.165, 1.54) is 15.9 Å². The maximum atomic E-state index is 9.57. The number of hydrogen-bond donors (Lipinski definition) is 0. The molecule has 0 amide bonds. The van der Waals surface area contributed by atoms with Crippen LogP contribution in [-0.4, -0.2) is 6.16 Å². The third-order valence-corrected chi connectivity index (χ3v) is 8.79. The molecule has 0 saturated heterocycles. The quantitative estimate of drug-likeness (QED) is 0.628. The Morgan fingerprint density at radius 3 is 1.17 bits per heavy atom. The van der Waals surface area contributed by atoms with Crippen molar-refractivity contribution in [1.29, 1.82) is 5.26 Å². The van der Waals surface area contributed by atoms with Gasteiger partial charge in [-0.3, -0.25) is 0 Å². The molecule has 0 saturated carbocycles. The van der Waals surface area contributed by atoms with Crippen LogP contribution in [0.2, 0.25) is 0 Å². The van der Waals surface area contributed by atoms with E-state index >= 15 is 0 Å². The van der Waals surface area contributed by atoms with Gasteiger partial charge in [0, 0.05) is 0 Å². The summed E-state index contributed by atoms with van der Waals surface area (Å²) >= 11 is 0. The van der Waals surface area contributed by atoms with Gasteiger partial charge >= 0.3 is 132 Å². The van der Waals surface area contributed by atoms with Crippen LogP contribution in [0.5, 0.6) is 0 Å². The molecule has 0 radical (unpaired) electrons. The summed E-state index contributed by atoms with van der Waals surface area (Å²) in [5.41, 5.74) is 0. The van der Waals surface area contributed by atoms with Gasteiger partial charge in [0.15, 0.2) is 0 Å². The van der Waals surface area contributed by atoms with E-state index in [2.05, 4.69) is 78.9 Å². The third-order valence-electron chi connectivity index (χ3n) is 4.14. The number of nitrogens with zero attached hydrogens (tertiary/aromatic N) is 1. The van der Waals surface area contributed by atoms with Gasteiger partial charge in [0.05, 0.1) is 0 Å². The molecule has 0 aliphatic heterocycles. The fraction of sp³-hybridized carbons (Fsp3) is 0.0500. The van der Waals surface area contributed by atoms with Crippen LogP contribution in [-0.2, 0) is 0 Å². The average molecular weight is 384 g/mol. The Balaban J connectivity index is 0.00000192. The topological polar surface area (TPSA) is 23.8 Å². The molecule has 0 bridgehead atoms. The second-order valence-corrected chi connectivity index (χ2v) is 9.23. The minimum absolute atomic E-state index is 0. The van der Waals surface area contributed by atoms with E-state index < -0.39 is 7.26 Å². The molecular weight excluding hydrogens is 365 g/mol. The zero-order valence-electron chi connectivity index (χ0n) is 12.7. The molecule has 3 rings (SSSR count). The Hall–Kier alpha value is -1.94. The molecular formula is C20H19BrNP. The van der Waals surface area contributed by atoms with Gasteiger partial charge in [-0.05, 0) is 0 Å². The summed E-state index contributed by atoms with van der Waals surface area (Å²) in [6, 6.07) is 34.0. The van der Waals surface area contributed by atoms with Crippen molar-refractivity contribution in [2.24, 2.45) is 0 Å². The van der Waals surface area contributed by atoms with Crippen molar-refractivity contribution in [3.63, 3.8) is 0 Å². The second kappa shape index (κ2) is 8.06. The summed E-state index contributed by atoms with van der Waals surface area (Å²) < 4.78 is 0. The average Bonchev–Trinajstić information content (AvgIpc) is 2.62. The molecule has 0 aliphatic rings. The van der Waals surface area contributed by atoms with Crippen molar-refractivity contribution in [2.75, 3.05) is 6.16 Å². The van der Waals surface area contributed by atoms with Crippen LogP contribution in [0, 0.1) is 11.3 Å². The number of nitriles is 1. The molecule has 0 aliphatic carbocycles. The fourth-order valence-corrected chi connectivity index (χ4v) is 7.23. The molecule has 23 heavy (non-hydrogen) atoms. The van der Waals surface area contributed by atoms with Crippen molar-refractivity contribution in [3.8, 4) is 6.07 Å². The van der Waals surface area contributed by atoms with E-state index in [9.17, 15) is 5.26 Å². The molecule has 0 aromatic heterocycles. The summed E-state index contributed by atoms with van der Waals surface area (Å²) in [6.45, 7) is 0. The minimum atomic E-state index is -2.28. The number of hydrogen-bond acceptors (Lipinski definition) is 1. The number of halogens is 1. The Kier molecular flexibility index (Phi) is 6.11. The number of rotatable bonds is 4. The summed E-state index contributed by atoms with van der Waals surface area (Å²) in [7, 11) is -2.28. The molecule has 0 fully saturated rings. The summed E-state index contributed by atoms with van der Waals surface area (Å²) in [5.74, 6) is 0. The molecule has 3 aromatic carbocycles. The molecule has 0 heterocycles. The Morgan fingerprint density at radius 1 is 0.609 bits per heavy atom. The van der Waals surface area contributed by atoms with Crippen LogP contribution in [0.15, 0.2) is 91.0 Å². The first-order valence-electron chi connectivity index (χ1n) is 7.41. The fourth-order valence-electron chi connectivity index (χ4n) is 3.09. The monoisotopic (exact) mass is 383 g/mol. The van der Waals surface area contributed by atoms with E-state index in [-0.39, 0.29) is 17.0 Å². The molecule has 116 valence electrons. The van der Waals surface area contributed by atoms with E-state index in [1.807, 2.05) is 18.2 Å². The molecule has 0 unspecified atom stereocenters. The van der Waals surface area contributed by atoms with E-state index in [0.717, 1.165) is 0 Å². The van der Waals surface area contributed by atoms with Crippen LogP contribution in [0.4, 0.5) is 0 Å². The van der Waals surface area contributed by atoms with Crippen molar-refractivity contribution in [3.05, 3.63) is 91.0 Å². The van der Waals surface area contributed by atoms with Crippen LogP contribution >= 0.6 is 24.2 Å². The Bertz CT molecular complexity index is 670.